The fourth-order valence-electron chi connectivity index (χ4n) is 2.50. The van der Waals surface area contributed by atoms with Crippen molar-refractivity contribution in [2.24, 2.45) is 0 Å². The Bertz CT molecular complexity index is 1080. The van der Waals surface area contributed by atoms with Crippen LogP contribution in [-0.4, -0.2) is 15.9 Å². The zero-order valence-electron chi connectivity index (χ0n) is 15.2. The van der Waals surface area contributed by atoms with Crippen molar-refractivity contribution in [2.75, 3.05) is 5.32 Å². The van der Waals surface area contributed by atoms with Crippen molar-refractivity contribution in [2.45, 2.75) is 24.0 Å². The lowest BCUT2D eigenvalue weighted by molar-refractivity contribution is -0.137. The van der Waals surface area contributed by atoms with Gasteiger partial charge in [0, 0.05) is 28.8 Å². The molecule has 0 atom stereocenters. The van der Waals surface area contributed by atoms with E-state index < -0.39 is 17.6 Å². The maximum Gasteiger partial charge on any atom is 0.416 e. The molecule has 0 spiro atoms. The number of rotatable bonds is 5. The van der Waals surface area contributed by atoms with Crippen molar-refractivity contribution >= 4 is 23.4 Å². The van der Waals surface area contributed by atoms with Gasteiger partial charge in [0.15, 0.2) is 5.16 Å². The Hall–Kier alpha value is -3.07. The lowest BCUT2D eigenvalue weighted by atomic mass is 10.1. The summed E-state index contributed by atoms with van der Waals surface area (Å²) in [5.74, 6) is 0.0234. The number of alkyl halides is 3. The predicted molar refractivity (Wildman–Crippen MR) is 105 cm³/mol. The van der Waals surface area contributed by atoms with E-state index >= 15 is 0 Å². The number of hydrogen-bond donors (Lipinski definition) is 2. The average Bonchev–Trinajstić information content (AvgIpc) is 2.65. The number of carbonyl (C=O) groups excluding carboxylic acids is 1. The van der Waals surface area contributed by atoms with Crippen molar-refractivity contribution in [3.8, 4) is 0 Å². The maximum atomic E-state index is 12.8. The highest BCUT2D eigenvalue weighted by molar-refractivity contribution is 7.98. The molecule has 1 amide bonds. The van der Waals surface area contributed by atoms with Gasteiger partial charge in [-0.05, 0) is 42.8 Å². The number of H-pyrrole nitrogens is 1. The van der Waals surface area contributed by atoms with Gasteiger partial charge in [-0.25, -0.2) is 4.98 Å². The van der Waals surface area contributed by atoms with Gasteiger partial charge in [-0.1, -0.05) is 30.0 Å². The first kappa shape index (κ1) is 20.7. The Morgan fingerprint density at radius 2 is 1.86 bits per heavy atom. The minimum absolute atomic E-state index is 0.0685. The second kappa shape index (κ2) is 8.52. The zero-order chi connectivity index (χ0) is 21.0. The summed E-state index contributed by atoms with van der Waals surface area (Å²) in [6.45, 7) is 1.73. The molecule has 1 aromatic heterocycles. The van der Waals surface area contributed by atoms with E-state index in [1.807, 2.05) is 0 Å². The van der Waals surface area contributed by atoms with Crippen LogP contribution >= 0.6 is 11.8 Å². The molecule has 3 aromatic rings. The minimum atomic E-state index is -4.48. The van der Waals surface area contributed by atoms with Crippen molar-refractivity contribution in [3.05, 3.63) is 87.3 Å². The van der Waals surface area contributed by atoms with Crippen LogP contribution in [0.5, 0.6) is 0 Å². The van der Waals surface area contributed by atoms with Crippen LogP contribution in [0.25, 0.3) is 0 Å². The highest BCUT2D eigenvalue weighted by Crippen LogP contribution is 2.30. The summed E-state index contributed by atoms with van der Waals surface area (Å²) in [6, 6.07) is 12.5. The Labute approximate surface area is 168 Å². The van der Waals surface area contributed by atoms with Crippen LogP contribution < -0.4 is 10.9 Å². The number of thioether (sulfide) groups is 1. The smallest absolute Gasteiger partial charge is 0.322 e. The molecule has 29 heavy (non-hydrogen) atoms. The number of hydrogen-bond acceptors (Lipinski definition) is 4. The van der Waals surface area contributed by atoms with Gasteiger partial charge in [0.1, 0.15) is 0 Å². The van der Waals surface area contributed by atoms with Crippen LogP contribution in [0.4, 0.5) is 18.9 Å². The van der Waals surface area contributed by atoms with Gasteiger partial charge in [-0.15, -0.1) is 0 Å². The molecule has 0 bridgehead atoms. The number of benzene rings is 2. The van der Waals surface area contributed by atoms with Gasteiger partial charge in [0.25, 0.3) is 11.5 Å². The van der Waals surface area contributed by atoms with E-state index in [0.29, 0.717) is 22.2 Å². The number of aromatic nitrogens is 2. The van der Waals surface area contributed by atoms with E-state index in [9.17, 15) is 22.8 Å². The van der Waals surface area contributed by atoms with Crippen molar-refractivity contribution in [1.29, 1.82) is 0 Å². The maximum absolute atomic E-state index is 12.8. The number of amides is 1. The Kier molecular flexibility index (Phi) is 6.07. The molecule has 9 heteroatoms. The lowest BCUT2D eigenvalue weighted by Gasteiger charge is -2.10. The highest BCUT2D eigenvalue weighted by Gasteiger charge is 2.30. The molecule has 0 aliphatic heterocycles. The molecule has 0 aliphatic carbocycles. The van der Waals surface area contributed by atoms with E-state index in [1.165, 1.54) is 30.0 Å². The summed E-state index contributed by atoms with van der Waals surface area (Å²) in [5.41, 5.74) is 0.858. The Morgan fingerprint density at radius 3 is 2.52 bits per heavy atom. The van der Waals surface area contributed by atoms with Crippen LogP contribution in [-0.2, 0) is 11.9 Å². The molecular formula is C20H16F3N3O2S. The van der Waals surface area contributed by atoms with Gasteiger partial charge in [-0.2, -0.15) is 13.2 Å². The van der Waals surface area contributed by atoms with E-state index in [4.69, 9.17) is 0 Å². The Balaban J connectivity index is 1.63. The largest absolute Gasteiger partial charge is 0.416 e. The summed E-state index contributed by atoms with van der Waals surface area (Å²) in [5, 5.41) is 2.97. The van der Waals surface area contributed by atoms with E-state index in [1.54, 1.807) is 31.2 Å². The first-order valence-electron chi connectivity index (χ1n) is 8.49. The second-order valence-corrected chi connectivity index (χ2v) is 7.17. The molecule has 0 saturated carbocycles. The Morgan fingerprint density at radius 1 is 1.14 bits per heavy atom. The normalized spacial score (nSPS) is 11.3. The second-order valence-electron chi connectivity index (χ2n) is 6.21. The van der Waals surface area contributed by atoms with Gasteiger partial charge >= 0.3 is 6.18 Å². The summed E-state index contributed by atoms with van der Waals surface area (Å²) in [6.07, 6.45) is -4.48. The van der Waals surface area contributed by atoms with Crippen molar-refractivity contribution < 1.29 is 18.0 Å². The highest BCUT2D eigenvalue weighted by atomic mass is 32.2. The van der Waals surface area contributed by atoms with Gasteiger partial charge in [0.2, 0.25) is 0 Å². The summed E-state index contributed by atoms with van der Waals surface area (Å²) < 4.78 is 38.3. The monoisotopic (exact) mass is 419 g/mol. The number of nitrogens with zero attached hydrogens (tertiary/aromatic N) is 1. The molecule has 0 saturated heterocycles. The molecule has 0 fully saturated rings. The first-order chi connectivity index (χ1) is 13.7. The zero-order valence-corrected chi connectivity index (χ0v) is 16.0. The molecule has 2 aromatic carbocycles. The number of aromatic amines is 1. The summed E-state index contributed by atoms with van der Waals surface area (Å²) in [4.78, 5) is 30.6. The van der Waals surface area contributed by atoms with Gasteiger partial charge in [0.05, 0.1) is 5.56 Å². The van der Waals surface area contributed by atoms with Gasteiger partial charge in [-0.3, -0.25) is 9.59 Å². The third-order valence-electron chi connectivity index (χ3n) is 3.89. The van der Waals surface area contributed by atoms with Crippen LogP contribution in [0.15, 0.2) is 64.5 Å². The number of anilines is 1. The van der Waals surface area contributed by atoms with Gasteiger partial charge < -0.3 is 10.3 Å². The average molecular weight is 419 g/mol. The number of aryl methyl sites for hydroxylation is 1. The molecule has 0 aliphatic rings. The molecular weight excluding hydrogens is 403 g/mol. The minimum Gasteiger partial charge on any atom is -0.322 e. The van der Waals surface area contributed by atoms with Crippen LogP contribution in [0.1, 0.15) is 27.2 Å². The summed E-state index contributed by atoms with van der Waals surface area (Å²) >= 11 is 1.35. The predicted octanol–water partition coefficient (Wildman–Crippen LogP) is 4.64. The first-order valence-corrected chi connectivity index (χ1v) is 9.47. The van der Waals surface area contributed by atoms with Crippen molar-refractivity contribution in [3.63, 3.8) is 0 Å². The third kappa shape index (κ3) is 5.71. The lowest BCUT2D eigenvalue weighted by Crippen LogP contribution is -2.13. The molecule has 5 nitrogen and oxygen atoms in total. The number of halogens is 3. The topological polar surface area (TPSA) is 74.8 Å². The number of nitrogens with one attached hydrogen (secondary N) is 2. The molecule has 3 rings (SSSR count). The van der Waals surface area contributed by atoms with E-state index in [2.05, 4.69) is 15.3 Å². The quantitative estimate of drug-likeness (QED) is 0.467. The van der Waals surface area contributed by atoms with Crippen molar-refractivity contribution in [1.82, 2.24) is 9.97 Å². The fraction of sp³-hybridized carbons (Fsp3) is 0.150. The molecule has 2 N–H and O–H groups in total. The standard InChI is InChI=1S/C20H16F3N3O2S/c1-12-9-17(27)26-19(24-12)29-11-13-5-7-14(8-6-13)18(28)25-16-4-2-3-15(10-16)20(21,22)23/h2-10H,11H2,1H3,(H,25,28)(H,24,26,27). The number of carbonyl (C=O) groups is 1. The molecule has 1 heterocycles. The van der Waals surface area contributed by atoms with Crippen LogP contribution in [0.2, 0.25) is 0 Å². The van der Waals surface area contributed by atoms with Crippen LogP contribution in [0.3, 0.4) is 0 Å². The van der Waals surface area contributed by atoms with Crippen LogP contribution in [0, 0.1) is 6.92 Å². The molecule has 0 unspecified atom stereocenters. The molecule has 150 valence electrons. The molecule has 0 radical (unpaired) electrons. The van der Waals surface area contributed by atoms with E-state index in [0.717, 1.165) is 17.7 Å². The fourth-order valence-corrected chi connectivity index (χ4v) is 3.38. The van der Waals surface area contributed by atoms with E-state index in [-0.39, 0.29) is 11.2 Å². The summed E-state index contributed by atoms with van der Waals surface area (Å²) in [7, 11) is 0. The SMILES string of the molecule is Cc1cc(=O)[nH]c(SCc2ccc(C(=O)Nc3cccc(C(F)(F)F)c3)cc2)n1. The third-order valence-corrected chi connectivity index (χ3v) is 4.83.